The fraction of sp³-hybridized carbons (Fsp3) is 0.500. The highest BCUT2D eigenvalue weighted by molar-refractivity contribution is 7.85. The lowest BCUT2D eigenvalue weighted by Crippen LogP contribution is -2.19. The summed E-state index contributed by atoms with van der Waals surface area (Å²) >= 11 is 0. The van der Waals surface area contributed by atoms with E-state index in [2.05, 4.69) is 14.4 Å². The quantitative estimate of drug-likeness (QED) is 0.781. The average Bonchev–Trinajstić information content (AvgIpc) is 2.24. The van der Waals surface area contributed by atoms with Crippen molar-refractivity contribution >= 4 is 17.2 Å². The van der Waals surface area contributed by atoms with Gasteiger partial charge in [-0.1, -0.05) is 0 Å². The molecule has 0 radical (unpaired) electrons. The molecule has 1 aromatic heterocycles. The second-order valence-electron chi connectivity index (χ2n) is 4.43. The number of hydrogen-bond donors (Lipinski definition) is 0. The van der Waals surface area contributed by atoms with Crippen molar-refractivity contribution in [3.8, 4) is 0 Å². The molecule has 0 saturated carbocycles. The van der Waals surface area contributed by atoms with Gasteiger partial charge in [-0.3, -0.25) is 0 Å². The SMILES string of the molecule is CC(C)(C)[S@](=O)N=Cc1cnc(C(F)(F)F)nc1. The number of aromatic nitrogens is 2. The van der Waals surface area contributed by atoms with Gasteiger partial charge in [-0.2, -0.15) is 17.6 Å². The molecule has 0 fully saturated rings. The summed E-state index contributed by atoms with van der Waals surface area (Å²) in [7, 11) is -1.47. The first-order valence-corrected chi connectivity index (χ1v) is 6.06. The summed E-state index contributed by atoms with van der Waals surface area (Å²) in [6.07, 6.45) is -1.40. The van der Waals surface area contributed by atoms with Crippen LogP contribution in [0.15, 0.2) is 16.8 Å². The highest BCUT2D eigenvalue weighted by Crippen LogP contribution is 2.25. The molecule has 0 saturated heterocycles. The average molecular weight is 279 g/mol. The Kier molecular flexibility index (Phi) is 4.20. The molecule has 8 heteroatoms. The van der Waals surface area contributed by atoms with E-state index in [4.69, 9.17) is 0 Å². The molecule has 100 valence electrons. The van der Waals surface area contributed by atoms with Gasteiger partial charge in [0.25, 0.3) is 0 Å². The summed E-state index contributed by atoms with van der Waals surface area (Å²) in [6, 6.07) is 0. The van der Waals surface area contributed by atoms with Crippen LogP contribution in [0.2, 0.25) is 0 Å². The Morgan fingerprint density at radius 3 is 2.11 bits per heavy atom. The molecule has 18 heavy (non-hydrogen) atoms. The molecule has 1 atom stereocenters. The van der Waals surface area contributed by atoms with Gasteiger partial charge in [0, 0.05) is 24.2 Å². The predicted octanol–water partition coefficient (Wildman–Crippen LogP) is 2.38. The fourth-order valence-corrected chi connectivity index (χ4v) is 1.35. The minimum atomic E-state index is -4.57. The van der Waals surface area contributed by atoms with E-state index in [1.807, 2.05) is 0 Å². The van der Waals surface area contributed by atoms with Gasteiger partial charge < -0.3 is 0 Å². The van der Waals surface area contributed by atoms with E-state index in [1.165, 1.54) is 6.21 Å². The standard InChI is InChI=1S/C10H12F3N3OS/c1-9(2,3)18(17)16-6-7-4-14-8(15-5-7)10(11,12)13/h4-6H,1-3H3/t18-/m0/s1. The Labute approximate surface area is 105 Å². The van der Waals surface area contributed by atoms with Crippen LogP contribution in [0.25, 0.3) is 0 Å². The van der Waals surface area contributed by atoms with Gasteiger partial charge in [-0.15, -0.1) is 0 Å². The van der Waals surface area contributed by atoms with E-state index >= 15 is 0 Å². The van der Waals surface area contributed by atoms with Gasteiger partial charge in [-0.25, -0.2) is 14.2 Å². The van der Waals surface area contributed by atoms with Crippen molar-refractivity contribution < 1.29 is 17.4 Å². The second kappa shape index (κ2) is 5.13. The van der Waals surface area contributed by atoms with Crippen LogP contribution in [0.5, 0.6) is 0 Å². The van der Waals surface area contributed by atoms with Crippen molar-refractivity contribution in [2.45, 2.75) is 31.7 Å². The zero-order valence-electron chi connectivity index (χ0n) is 10.0. The molecular formula is C10H12F3N3OS. The Morgan fingerprint density at radius 2 is 1.72 bits per heavy atom. The van der Waals surface area contributed by atoms with Crippen LogP contribution >= 0.6 is 0 Å². The summed E-state index contributed by atoms with van der Waals surface area (Å²) < 4.78 is 51.3. The Morgan fingerprint density at radius 1 is 1.22 bits per heavy atom. The zero-order chi connectivity index (χ0) is 14.0. The molecule has 4 nitrogen and oxygen atoms in total. The smallest absolute Gasteiger partial charge is 0.234 e. The third-order valence-corrected chi connectivity index (χ3v) is 3.09. The minimum absolute atomic E-state index is 0.264. The first kappa shape index (κ1) is 14.7. The van der Waals surface area contributed by atoms with Crippen LogP contribution in [-0.2, 0) is 17.2 Å². The molecule has 0 amide bonds. The molecule has 0 aliphatic carbocycles. The minimum Gasteiger partial charge on any atom is -0.234 e. The number of halogens is 3. The van der Waals surface area contributed by atoms with Gasteiger partial charge in [0.2, 0.25) is 5.82 Å². The van der Waals surface area contributed by atoms with Crippen molar-refractivity contribution in [1.82, 2.24) is 9.97 Å². The summed E-state index contributed by atoms with van der Waals surface area (Å²) in [5.41, 5.74) is 0.264. The molecule has 0 bridgehead atoms. The summed E-state index contributed by atoms with van der Waals surface area (Å²) in [5, 5.41) is 0. The van der Waals surface area contributed by atoms with E-state index in [9.17, 15) is 17.4 Å². The van der Waals surface area contributed by atoms with E-state index < -0.39 is 27.7 Å². The first-order chi connectivity index (χ1) is 8.10. The Balaban J connectivity index is 2.82. The predicted molar refractivity (Wildman–Crippen MR) is 62.5 cm³/mol. The second-order valence-corrected chi connectivity index (χ2v) is 6.37. The van der Waals surface area contributed by atoms with Crippen molar-refractivity contribution in [2.75, 3.05) is 0 Å². The molecule has 1 aromatic rings. The molecule has 0 unspecified atom stereocenters. The number of nitrogens with zero attached hydrogens (tertiary/aromatic N) is 3. The third kappa shape index (κ3) is 4.17. The van der Waals surface area contributed by atoms with E-state index in [-0.39, 0.29) is 5.56 Å². The largest absolute Gasteiger partial charge is 0.451 e. The maximum absolute atomic E-state index is 12.2. The van der Waals surface area contributed by atoms with Crippen molar-refractivity contribution in [1.29, 1.82) is 0 Å². The summed E-state index contributed by atoms with van der Waals surface area (Å²) in [4.78, 5) is 6.33. The van der Waals surface area contributed by atoms with E-state index in [0.717, 1.165) is 12.4 Å². The lowest BCUT2D eigenvalue weighted by molar-refractivity contribution is -0.145. The number of rotatable bonds is 2. The molecule has 0 aliphatic rings. The highest BCUT2D eigenvalue weighted by atomic mass is 32.2. The number of alkyl halides is 3. The van der Waals surface area contributed by atoms with Crippen LogP contribution < -0.4 is 0 Å². The van der Waals surface area contributed by atoms with Gasteiger partial charge in [0.1, 0.15) is 11.0 Å². The van der Waals surface area contributed by atoms with Crippen molar-refractivity contribution in [2.24, 2.45) is 4.40 Å². The lowest BCUT2D eigenvalue weighted by Gasteiger charge is -2.12. The lowest BCUT2D eigenvalue weighted by atomic mass is 10.3. The normalized spacial score (nSPS) is 15.0. The Hall–Kier alpha value is -1.31. The van der Waals surface area contributed by atoms with Crippen LogP contribution in [-0.4, -0.2) is 25.1 Å². The van der Waals surface area contributed by atoms with E-state index in [0.29, 0.717) is 0 Å². The maximum atomic E-state index is 12.2. The topological polar surface area (TPSA) is 55.2 Å². The van der Waals surface area contributed by atoms with Gasteiger partial charge >= 0.3 is 6.18 Å². The first-order valence-electron chi connectivity index (χ1n) is 4.96. The maximum Gasteiger partial charge on any atom is 0.451 e. The zero-order valence-corrected chi connectivity index (χ0v) is 10.8. The highest BCUT2D eigenvalue weighted by Gasteiger charge is 2.34. The monoisotopic (exact) mass is 279 g/mol. The molecule has 1 rings (SSSR count). The molecule has 0 aliphatic heterocycles. The van der Waals surface area contributed by atoms with Crippen LogP contribution in [0.1, 0.15) is 32.2 Å². The molecule has 0 spiro atoms. The summed E-state index contributed by atoms with van der Waals surface area (Å²) in [5.74, 6) is -1.21. The molecule has 0 N–H and O–H groups in total. The molecular weight excluding hydrogens is 267 g/mol. The van der Waals surface area contributed by atoms with Crippen LogP contribution in [0.3, 0.4) is 0 Å². The third-order valence-electron chi connectivity index (χ3n) is 1.75. The Bertz CT molecular complexity index is 463. The molecule has 0 aromatic carbocycles. The van der Waals surface area contributed by atoms with Crippen LogP contribution in [0, 0.1) is 0 Å². The van der Waals surface area contributed by atoms with Crippen LogP contribution in [0.4, 0.5) is 13.2 Å². The summed E-state index contributed by atoms with van der Waals surface area (Å²) in [6.45, 7) is 5.22. The van der Waals surface area contributed by atoms with Gasteiger partial charge in [0.05, 0.1) is 4.75 Å². The van der Waals surface area contributed by atoms with Crippen molar-refractivity contribution in [3.63, 3.8) is 0 Å². The molecule has 1 heterocycles. The number of hydrogen-bond acceptors (Lipinski definition) is 3. The van der Waals surface area contributed by atoms with E-state index in [1.54, 1.807) is 20.8 Å². The van der Waals surface area contributed by atoms with Gasteiger partial charge in [-0.05, 0) is 20.8 Å². The fourth-order valence-electron chi connectivity index (χ4n) is 0.818. The van der Waals surface area contributed by atoms with Crippen molar-refractivity contribution in [3.05, 3.63) is 23.8 Å². The van der Waals surface area contributed by atoms with Gasteiger partial charge in [0.15, 0.2) is 0 Å².